The molecular weight excluding hydrogens is 414 g/mol. The van der Waals surface area contributed by atoms with Crippen molar-refractivity contribution in [3.8, 4) is 5.75 Å². The Kier molecular flexibility index (Phi) is 6.79. The molecule has 0 radical (unpaired) electrons. The summed E-state index contributed by atoms with van der Waals surface area (Å²) in [7, 11) is 1.70. The lowest BCUT2D eigenvalue weighted by Gasteiger charge is -2.27. The van der Waals surface area contributed by atoms with E-state index in [1.54, 1.807) is 7.11 Å². The van der Waals surface area contributed by atoms with Gasteiger partial charge >= 0.3 is 0 Å². The number of piperazine rings is 1. The fourth-order valence-corrected chi connectivity index (χ4v) is 5.09. The maximum Gasteiger partial charge on any atom is 0.223 e. The Morgan fingerprint density at radius 2 is 2.03 bits per heavy atom. The fourth-order valence-electron chi connectivity index (χ4n) is 4.77. The van der Waals surface area contributed by atoms with Gasteiger partial charge in [-0.05, 0) is 33.2 Å². The van der Waals surface area contributed by atoms with Crippen LogP contribution in [0, 0.1) is 13.8 Å². The number of halogens is 1. The highest BCUT2D eigenvalue weighted by atomic mass is 35.5. The number of nitrogens with two attached hydrogens (primary N) is 1. The molecule has 0 aromatic carbocycles. The summed E-state index contributed by atoms with van der Waals surface area (Å²) in [5, 5.41) is 3.88. The minimum absolute atomic E-state index is 0.210. The van der Waals surface area contributed by atoms with Crippen LogP contribution in [0.1, 0.15) is 41.1 Å². The van der Waals surface area contributed by atoms with E-state index in [4.69, 9.17) is 22.1 Å². The molecule has 1 atom stereocenters. The molecule has 4 heterocycles. The van der Waals surface area contributed by atoms with E-state index in [1.165, 1.54) is 0 Å². The van der Waals surface area contributed by atoms with Crippen LogP contribution in [-0.4, -0.2) is 66.2 Å². The number of aromatic nitrogens is 3. The van der Waals surface area contributed by atoms with Gasteiger partial charge in [0.2, 0.25) is 5.95 Å². The third-order valence-electron chi connectivity index (χ3n) is 6.37. The molecular formula is C22H32ClN7O. The van der Waals surface area contributed by atoms with Crippen LogP contribution in [0.5, 0.6) is 5.75 Å². The van der Waals surface area contributed by atoms with Crippen molar-refractivity contribution >= 4 is 23.4 Å². The average molecular weight is 446 g/mol. The number of fused-ring (bicyclic) bond motifs is 1. The molecule has 0 amide bonds. The fraction of sp³-hybridized carbons (Fsp3) is 0.591. The van der Waals surface area contributed by atoms with Crippen LogP contribution >= 0.6 is 11.6 Å². The van der Waals surface area contributed by atoms with Crippen molar-refractivity contribution in [2.24, 2.45) is 0 Å². The Hall–Kier alpha value is -2.16. The van der Waals surface area contributed by atoms with Gasteiger partial charge in [0.25, 0.3) is 0 Å². The van der Waals surface area contributed by atoms with Crippen LogP contribution in [0.3, 0.4) is 0 Å². The van der Waals surface area contributed by atoms with Gasteiger partial charge in [-0.15, -0.1) is 0 Å². The first-order chi connectivity index (χ1) is 15.0. The van der Waals surface area contributed by atoms with Crippen LogP contribution in [0.4, 0.5) is 11.8 Å². The summed E-state index contributed by atoms with van der Waals surface area (Å²) in [6, 6.07) is 0. The van der Waals surface area contributed by atoms with Crippen LogP contribution in [0.2, 0.25) is 5.15 Å². The lowest BCUT2D eigenvalue weighted by molar-refractivity contribution is 0.235. The van der Waals surface area contributed by atoms with E-state index < -0.39 is 0 Å². The van der Waals surface area contributed by atoms with Gasteiger partial charge in [-0.2, -0.15) is 4.98 Å². The van der Waals surface area contributed by atoms with Gasteiger partial charge in [0.15, 0.2) is 0 Å². The number of hydrogen-bond acceptors (Lipinski definition) is 8. The number of methoxy groups -OCH3 is 1. The summed E-state index contributed by atoms with van der Waals surface area (Å²) in [5.41, 5.74) is 10.0. The quantitative estimate of drug-likeness (QED) is 0.628. The highest BCUT2D eigenvalue weighted by Gasteiger charge is 2.34. The third-order valence-corrected chi connectivity index (χ3v) is 6.66. The van der Waals surface area contributed by atoms with E-state index in [1.807, 2.05) is 13.1 Å². The second kappa shape index (κ2) is 9.54. The summed E-state index contributed by atoms with van der Waals surface area (Å²) in [5.74, 6) is 2.22. The molecule has 0 bridgehead atoms. The van der Waals surface area contributed by atoms with Gasteiger partial charge < -0.3 is 25.6 Å². The molecule has 31 heavy (non-hydrogen) atoms. The molecule has 0 saturated carbocycles. The van der Waals surface area contributed by atoms with Crippen LogP contribution in [-0.2, 0) is 6.54 Å². The van der Waals surface area contributed by atoms with E-state index >= 15 is 0 Å². The molecule has 2 aliphatic heterocycles. The van der Waals surface area contributed by atoms with Gasteiger partial charge in [-0.3, -0.25) is 4.98 Å². The number of aryl methyl sites for hydroxylation is 1. The predicted octanol–water partition coefficient (Wildman–Crippen LogP) is 2.52. The second-order valence-corrected chi connectivity index (χ2v) is 8.83. The number of nitrogen functional groups attached to an aromatic ring is 1. The van der Waals surface area contributed by atoms with Crippen LogP contribution in [0.25, 0.3) is 0 Å². The number of hydrogen-bond donors (Lipinski definition) is 2. The Morgan fingerprint density at radius 3 is 2.77 bits per heavy atom. The van der Waals surface area contributed by atoms with Gasteiger partial charge in [0.05, 0.1) is 19.3 Å². The van der Waals surface area contributed by atoms with Gasteiger partial charge in [-0.1, -0.05) is 11.6 Å². The minimum Gasteiger partial charge on any atom is -0.496 e. The second-order valence-electron chi connectivity index (χ2n) is 8.47. The number of anilines is 2. The predicted molar refractivity (Wildman–Crippen MR) is 124 cm³/mol. The van der Waals surface area contributed by atoms with Gasteiger partial charge in [0, 0.05) is 61.5 Å². The van der Waals surface area contributed by atoms with Crippen molar-refractivity contribution in [2.75, 3.05) is 57.0 Å². The van der Waals surface area contributed by atoms with Crippen molar-refractivity contribution < 1.29 is 4.74 Å². The molecule has 168 valence electrons. The molecule has 2 aromatic heterocycles. The van der Waals surface area contributed by atoms with E-state index in [0.717, 1.165) is 86.1 Å². The van der Waals surface area contributed by atoms with Crippen molar-refractivity contribution in [1.29, 1.82) is 0 Å². The Morgan fingerprint density at radius 1 is 1.26 bits per heavy atom. The van der Waals surface area contributed by atoms with Crippen molar-refractivity contribution in [1.82, 2.24) is 25.2 Å². The van der Waals surface area contributed by atoms with Gasteiger partial charge in [-0.25, -0.2) is 4.98 Å². The Bertz CT molecular complexity index is 933. The topological polar surface area (TPSA) is 92.4 Å². The zero-order chi connectivity index (χ0) is 22.0. The van der Waals surface area contributed by atoms with Crippen LogP contribution in [0.15, 0.2) is 6.20 Å². The maximum absolute atomic E-state index is 6.55. The lowest BCUT2D eigenvalue weighted by atomic mass is 9.98. The first-order valence-electron chi connectivity index (χ1n) is 11.0. The van der Waals surface area contributed by atoms with Crippen molar-refractivity contribution in [2.45, 2.75) is 39.2 Å². The zero-order valence-electron chi connectivity index (χ0n) is 18.6. The molecule has 1 saturated heterocycles. The number of ether oxygens (including phenoxy) is 1. The van der Waals surface area contributed by atoms with Crippen LogP contribution < -0.4 is 20.7 Å². The van der Waals surface area contributed by atoms with Crippen molar-refractivity contribution in [3.63, 3.8) is 0 Å². The highest BCUT2D eigenvalue weighted by molar-refractivity contribution is 6.30. The normalized spacial score (nSPS) is 19.0. The summed E-state index contributed by atoms with van der Waals surface area (Å²) in [6.07, 6.45) is 4.03. The average Bonchev–Trinajstić information content (AvgIpc) is 3.09. The SMILES string of the molecule is COc1c(C)cnc(CN2C[C@H](CCCN3CCNCC3)c3c(Cl)nc(N)nc32)c1C. The maximum atomic E-state index is 6.55. The molecule has 3 N–H and O–H groups in total. The van der Waals surface area contributed by atoms with E-state index in [-0.39, 0.29) is 5.95 Å². The van der Waals surface area contributed by atoms with E-state index in [0.29, 0.717) is 17.6 Å². The molecule has 0 aliphatic carbocycles. The van der Waals surface area contributed by atoms with Crippen molar-refractivity contribution in [3.05, 3.63) is 33.7 Å². The Labute approximate surface area is 189 Å². The van der Waals surface area contributed by atoms with E-state index in [2.05, 4.69) is 37.0 Å². The molecule has 2 aromatic rings. The molecule has 9 heteroatoms. The lowest BCUT2D eigenvalue weighted by Crippen LogP contribution is -2.43. The molecule has 2 aliphatic rings. The standard InChI is InChI=1S/C22H32ClN7O/c1-14-11-26-17(15(2)19(14)31-3)13-30-12-16(5-4-8-29-9-6-25-7-10-29)18-20(23)27-22(24)28-21(18)30/h11,16,25H,4-10,12-13H2,1-3H3,(H2,24,27,28)/t16-/m0/s1. The molecule has 4 rings (SSSR count). The molecule has 0 unspecified atom stereocenters. The summed E-state index contributed by atoms with van der Waals surface area (Å²) in [6.45, 7) is 11.0. The highest BCUT2D eigenvalue weighted by Crippen LogP contribution is 2.42. The Balaban J connectivity index is 1.52. The minimum atomic E-state index is 0.210. The van der Waals surface area contributed by atoms with Gasteiger partial charge in [0.1, 0.15) is 16.7 Å². The van der Waals surface area contributed by atoms with E-state index in [9.17, 15) is 0 Å². The summed E-state index contributed by atoms with van der Waals surface area (Å²) in [4.78, 5) is 18.2. The first-order valence-corrected chi connectivity index (χ1v) is 11.4. The number of pyridine rings is 1. The molecule has 1 fully saturated rings. The summed E-state index contributed by atoms with van der Waals surface area (Å²) < 4.78 is 5.59. The smallest absolute Gasteiger partial charge is 0.223 e. The number of rotatable bonds is 7. The summed E-state index contributed by atoms with van der Waals surface area (Å²) >= 11 is 6.55. The first kappa shape index (κ1) is 22.0. The number of nitrogens with one attached hydrogen (secondary N) is 1. The molecule has 8 nitrogen and oxygen atoms in total. The largest absolute Gasteiger partial charge is 0.496 e. The third kappa shape index (κ3) is 4.71. The number of nitrogens with zero attached hydrogens (tertiary/aromatic N) is 5. The molecule has 0 spiro atoms. The zero-order valence-corrected chi connectivity index (χ0v) is 19.4. The monoisotopic (exact) mass is 445 g/mol.